The van der Waals surface area contributed by atoms with E-state index >= 15 is 0 Å². The molecular formula is C12H16F2N2O2. The summed E-state index contributed by atoms with van der Waals surface area (Å²) in [7, 11) is 1.51. The molecule has 0 heterocycles. The first kappa shape index (κ1) is 14.4. The number of carbonyl (C=O) groups excluding carboxylic acids is 1. The lowest BCUT2D eigenvalue weighted by Gasteiger charge is -2.21. The molecule has 0 bridgehead atoms. The number of aliphatic hydroxyl groups excluding tert-OH is 1. The van der Waals surface area contributed by atoms with Crippen molar-refractivity contribution in [3.05, 3.63) is 35.4 Å². The normalized spacial score (nSPS) is 12.1. The van der Waals surface area contributed by atoms with Crippen molar-refractivity contribution in [1.29, 1.82) is 0 Å². The molecule has 1 aromatic rings. The van der Waals surface area contributed by atoms with Gasteiger partial charge in [0.2, 0.25) is 0 Å². The quantitative estimate of drug-likeness (QED) is 0.863. The Kier molecular flexibility index (Phi) is 5.03. The van der Waals surface area contributed by atoms with Gasteiger partial charge in [0.15, 0.2) is 0 Å². The first-order valence-electron chi connectivity index (χ1n) is 5.53. The van der Waals surface area contributed by atoms with Gasteiger partial charge in [0, 0.05) is 25.2 Å². The summed E-state index contributed by atoms with van der Waals surface area (Å²) in [5.41, 5.74) is 0.210. The fourth-order valence-electron chi connectivity index (χ4n) is 1.48. The second kappa shape index (κ2) is 6.30. The van der Waals surface area contributed by atoms with Gasteiger partial charge in [-0.25, -0.2) is 13.6 Å². The molecule has 6 heteroatoms. The lowest BCUT2D eigenvalue weighted by molar-refractivity contribution is 0.187. The zero-order valence-corrected chi connectivity index (χ0v) is 10.3. The van der Waals surface area contributed by atoms with Crippen LogP contribution in [0.4, 0.5) is 13.6 Å². The summed E-state index contributed by atoms with van der Waals surface area (Å²) < 4.78 is 26.2. The minimum absolute atomic E-state index is 0.150. The molecule has 1 atom stereocenters. The Morgan fingerprint density at radius 1 is 1.50 bits per heavy atom. The maximum atomic E-state index is 13.5. The van der Waals surface area contributed by atoms with Gasteiger partial charge < -0.3 is 15.3 Å². The molecule has 100 valence electrons. The van der Waals surface area contributed by atoms with Gasteiger partial charge in [-0.2, -0.15) is 0 Å². The van der Waals surface area contributed by atoms with Crippen molar-refractivity contribution >= 4 is 6.03 Å². The average molecular weight is 258 g/mol. The number of carbonyl (C=O) groups is 1. The maximum Gasteiger partial charge on any atom is 0.317 e. The zero-order valence-electron chi connectivity index (χ0n) is 10.3. The summed E-state index contributed by atoms with van der Waals surface area (Å²) in [5, 5.41) is 11.2. The molecule has 2 N–H and O–H groups in total. The van der Waals surface area contributed by atoms with Gasteiger partial charge in [-0.3, -0.25) is 0 Å². The summed E-state index contributed by atoms with van der Waals surface area (Å²) in [6, 6.07) is 2.19. The molecule has 18 heavy (non-hydrogen) atoms. The summed E-state index contributed by atoms with van der Waals surface area (Å²) >= 11 is 0. The minimum Gasteiger partial charge on any atom is -0.395 e. The fourth-order valence-corrected chi connectivity index (χ4v) is 1.48. The van der Waals surface area contributed by atoms with Gasteiger partial charge in [-0.05, 0) is 13.0 Å². The molecule has 1 rings (SSSR count). The number of rotatable bonds is 4. The molecule has 0 saturated heterocycles. The van der Waals surface area contributed by atoms with E-state index in [1.54, 1.807) is 6.92 Å². The lowest BCUT2D eigenvalue weighted by atomic mass is 10.1. The Morgan fingerprint density at radius 3 is 2.72 bits per heavy atom. The Hall–Kier alpha value is -1.69. The number of benzene rings is 1. The van der Waals surface area contributed by atoms with Gasteiger partial charge in [0.1, 0.15) is 11.6 Å². The highest BCUT2D eigenvalue weighted by molar-refractivity contribution is 5.74. The number of hydrogen-bond donors (Lipinski definition) is 2. The SMILES string of the molecule is CC(NC(=O)N(C)CCO)c1ccc(F)cc1F. The number of halogens is 2. The molecule has 0 fully saturated rings. The van der Waals surface area contributed by atoms with Gasteiger partial charge in [-0.15, -0.1) is 0 Å². The van der Waals surface area contributed by atoms with Crippen LogP contribution in [0.3, 0.4) is 0 Å². The molecule has 0 saturated carbocycles. The molecular weight excluding hydrogens is 242 g/mol. The van der Waals surface area contributed by atoms with Crippen LogP contribution in [0.25, 0.3) is 0 Å². The summed E-state index contributed by atoms with van der Waals surface area (Å²) in [5.74, 6) is -1.36. The van der Waals surface area contributed by atoms with Gasteiger partial charge in [-0.1, -0.05) is 6.07 Å². The minimum atomic E-state index is -0.701. The molecule has 0 spiro atoms. The Morgan fingerprint density at radius 2 is 2.17 bits per heavy atom. The second-order valence-electron chi connectivity index (χ2n) is 3.98. The molecule has 0 aliphatic rings. The van der Waals surface area contributed by atoms with Gasteiger partial charge in [0.25, 0.3) is 0 Å². The highest BCUT2D eigenvalue weighted by atomic mass is 19.1. The van der Waals surface area contributed by atoms with E-state index in [2.05, 4.69) is 5.32 Å². The van der Waals surface area contributed by atoms with Crippen molar-refractivity contribution in [3.8, 4) is 0 Å². The molecule has 4 nitrogen and oxygen atoms in total. The van der Waals surface area contributed by atoms with Crippen molar-refractivity contribution in [2.24, 2.45) is 0 Å². The van der Waals surface area contributed by atoms with Crippen LogP contribution in [-0.4, -0.2) is 36.2 Å². The topological polar surface area (TPSA) is 52.6 Å². The number of nitrogens with one attached hydrogen (secondary N) is 1. The van der Waals surface area contributed by atoms with Crippen LogP contribution in [0, 0.1) is 11.6 Å². The molecule has 0 radical (unpaired) electrons. The van der Waals surface area contributed by atoms with Crippen LogP contribution in [0.15, 0.2) is 18.2 Å². The summed E-state index contributed by atoms with van der Waals surface area (Å²) in [6.07, 6.45) is 0. The van der Waals surface area contributed by atoms with E-state index in [1.165, 1.54) is 18.0 Å². The summed E-state index contributed by atoms with van der Waals surface area (Å²) in [6.45, 7) is 1.63. The molecule has 1 aromatic carbocycles. The first-order chi connectivity index (χ1) is 8.45. The molecule has 0 aliphatic carbocycles. The van der Waals surface area contributed by atoms with Crippen molar-refractivity contribution in [2.75, 3.05) is 20.2 Å². The van der Waals surface area contributed by atoms with Gasteiger partial charge in [0.05, 0.1) is 12.6 Å². The van der Waals surface area contributed by atoms with E-state index in [1.807, 2.05) is 0 Å². The van der Waals surface area contributed by atoms with Gasteiger partial charge >= 0.3 is 6.03 Å². The average Bonchev–Trinajstić information content (AvgIpc) is 2.28. The van der Waals surface area contributed by atoms with Crippen LogP contribution in [0.5, 0.6) is 0 Å². The van der Waals surface area contributed by atoms with Crippen molar-refractivity contribution in [1.82, 2.24) is 10.2 Å². The van der Waals surface area contributed by atoms with E-state index in [0.29, 0.717) is 0 Å². The van der Waals surface area contributed by atoms with Crippen LogP contribution in [0.1, 0.15) is 18.5 Å². The van der Waals surface area contributed by atoms with E-state index in [-0.39, 0.29) is 18.7 Å². The van der Waals surface area contributed by atoms with E-state index in [0.717, 1.165) is 12.1 Å². The van der Waals surface area contributed by atoms with Crippen LogP contribution < -0.4 is 5.32 Å². The molecule has 0 aliphatic heterocycles. The van der Waals surface area contributed by atoms with E-state index in [9.17, 15) is 13.6 Å². The smallest absolute Gasteiger partial charge is 0.317 e. The molecule has 2 amide bonds. The Labute approximate surface area is 104 Å². The van der Waals surface area contributed by atoms with Crippen LogP contribution in [0.2, 0.25) is 0 Å². The van der Waals surface area contributed by atoms with Crippen molar-refractivity contribution in [2.45, 2.75) is 13.0 Å². The largest absolute Gasteiger partial charge is 0.395 e. The third-order valence-corrected chi connectivity index (χ3v) is 2.55. The first-order valence-corrected chi connectivity index (χ1v) is 5.53. The standard InChI is InChI=1S/C12H16F2N2O2/c1-8(15-12(18)16(2)5-6-17)10-4-3-9(13)7-11(10)14/h3-4,7-8,17H,5-6H2,1-2H3,(H,15,18). The monoisotopic (exact) mass is 258 g/mol. The number of amides is 2. The highest BCUT2D eigenvalue weighted by Crippen LogP contribution is 2.17. The number of nitrogens with zero attached hydrogens (tertiary/aromatic N) is 1. The van der Waals surface area contributed by atoms with Crippen molar-refractivity contribution in [3.63, 3.8) is 0 Å². The van der Waals surface area contributed by atoms with Crippen LogP contribution in [-0.2, 0) is 0 Å². The predicted molar refractivity (Wildman–Crippen MR) is 63.0 cm³/mol. The number of likely N-dealkylation sites (N-methyl/N-ethyl adjacent to an activating group) is 1. The Bertz CT molecular complexity index is 427. The number of aliphatic hydroxyl groups is 1. The fraction of sp³-hybridized carbons (Fsp3) is 0.417. The second-order valence-corrected chi connectivity index (χ2v) is 3.98. The van der Waals surface area contributed by atoms with Crippen molar-refractivity contribution < 1.29 is 18.7 Å². The zero-order chi connectivity index (χ0) is 13.7. The van der Waals surface area contributed by atoms with E-state index < -0.39 is 23.7 Å². The third-order valence-electron chi connectivity index (χ3n) is 2.55. The Balaban J connectivity index is 2.70. The lowest BCUT2D eigenvalue weighted by Crippen LogP contribution is -2.40. The predicted octanol–water partition coefficient (Wildman–Crippen LogP) is 1.66. The highest BCUT2D eigenvalue weighted by Gasteiger charge is 2.16. The molecule has 0 aromatic heterocycles. The number of hydrogen-bond acceptors (Lipinski definition) is 2. The number of urea groups is 1. The van der Waals surface area contributed by atoms with Crippen LogP contribution >= 0.6 is 0 Å². The van der Waals surface area contributed by atoms with E-state index in [4.69, 9.17) is 5.11 Å². The molecule has 1 unspecified atom stereocenters. The third kappa shape index (κ3) is 3.66. The summed E-state index contributed by atoms with van der Waals surface area (Å²) in [4.78, 5) is 12.9. The maximum absolute atomic E-state index is 13.5.